The number of likely N-dealkylation sites (N-methyl/N-ethyl adjacent to an activating group) is 1. The summed E-state index contributed by atoms with van der Waals surface area (Å²) >= 11 is 6.12. The van der Waals surface area contributed by atoms with Crippen molar-refractivity contribution in [2.24, 2.45) is 7.05 Å². The molecule has 0 radical (unpaired) electrons. The molecule has 1 saturated heterocycles. The second-order valence-corrected chi connectivity index (χ2v) is 6.71. The van der Waals surface area contributed by atoms with Crippen molar-refractivity contribution >= 4 is 28.9 Å². The van der Waals surface area contributed by atoms with Crippen molar-refractivity contribution in [1.82, 2.24) is 9.47 Å². The van der Waals surface area contributed by atoms with Crippen LogP contribution in [0.5, 0.6) is 0 Å². The van der Waals surface area contributed by atoms with Gasteiger partial charge >= 0.3 is 0 Å². The highest BCUT2D eigenvalue weighted by Gasteiger charge is 2.19. The number of aryl methyl sites for hydroxylation is 1. The summed E-state index contributed by atoms with van der Waals surface area (Å²) in [7, 11) is 3.74. The van der Waals surface area contributed by atoms with E-state index in [4.69, 9.17) is 11.6 Å². The third-order valence-electron chi connectivity index (χ3n) is 4.42. The molecule has 1 fully saturated rings. The molecule has 0 spiro atoms. The van der Waals surface area contributed by atoms with E-state index < -0.39 is 0 Å². The number of halogens is 1. The second-order valence-electron chi connectivity index (χ2n) is 6.27. The SMILES string of the molecule is CN1CCN(c2ccc(Cl)cc2NC(=O)c2ccn(C)c(=O)c2)CC1. The average molecular weight is 361 g/mol. The van der Waals surface area contributed by atoms with E-state index in [0.717, 1.165) is 31.9 Å². The zero-order valence-corrected chi connectivity index (χ0v) is 15.1. The van der Waals surface area contributed by atoms with Crippen LogP contribution in [0.4, 0.5) is 11.4 Å². The van der Waals surface area contributed by atoms with Gasteiger partial charge in [0.1, 0.15) is 0 Å². The number of anilines is 2. The lowest BCUT2D eigenvalue weighted by Gasteiger charge is -2.35. The van der Waals surface area contributed by atoms with Crippen LogP contribution in [0, 0.1) is 0 Å². The van der Waals surface area contributed by atoms with Crippen molar-refractivity contribution in [3.8, 4) is 0 Å². The highest BCUT2D eigenvalue weighted by molar-refractivity contribution is 6.31. The van der Waals surface area contributed by atoms with Crippen LogP contribution in [0.25, 0.3) is 0 Å². The summed E-state index contributed by atoms with van der Waals surface area (Å²) < 4.78 is 1.42. The average Bonchev–Trinajstić information content (AvgIpc) is 2.58. The van der Waals surface area contributed by atoms with Crippen LogP contribution >= 0.6 is 11.6 Å². The fourth-order valence-corrected chi connectivity index (χ4v) is 2.99. The van der Waals surface area contributed by atoms with Gasteiger partial charge in [0.15, 0.2) is 0 Å². The number of rotatable bonds is 3. The molecular formula is C18H21ClN4O2. The number of hydrogen-bond donors (Lipinski definition) is 1. The van der Waals surface area contributed by atoms with E-state index >= 15 is 0 Å². The van der Waals surface area contributed by atoms with Crippen LogP contribution in [0.2, 0.25) is 5.02 Å². The Morgan fingerprint density at radius 2 is 1.80 bits per heavy atom. The minimum atomic E-state index is -0.324. The minimum Gasteiger partial charge on any atom is -0.367 e. The van der Waals surface area contributed by atoms with Gasteiger partial charge in [0.2, 0.25) is 0 Å². The Bertz CT molecular complexity index is 841. The van der Waals surface area contributed by atoms with Crippen LogP contribution in [0.3, 0.4) is 0 Å². The maximum absolute atomic E-state index is 12.5. The van der Waals surface area contributed by atoms with E-state index in [1.165, 1.54) is 10.6 Å². The third-order valence-corrected chi connectivity index (χ3v) is 4.65. The second kappa shape index (κ2) is 7.29. The lowest BCUT2D eigenvalue weighted by molar-refractivity contribution is 0.102. The van der Waals surface area contributed by atoms with Crippen molar-refractivity contribution in [3.05, 3.63) is 57.5 Å². The van der Waals surface area contributed by atoms with E-state index in [-0.39, 0.29) is 11.5 Å². The monoisotopic (exact) mass is 360 g/mol. The van der Waals surface area contributed by atoms with Crippen LogP contribution in [-0.2, 0) is 7.05 Å². The van der Waals surface area contributed by atoms with E-state index in [1.54, 1.807) is 25.4 Å². The van der Waals surface area contributed by atoms with Gasteiger partial charge in [-0.05, 0) is 31.3 Å². The summed E-state index contributed by atoms with van der Waals surface area (Å²) in [5, 5.41) is 3.45. The van der Waals surface area contributed by atoms with Gasteiger partial charge in [-0.15, -0.1) is 0 Å². The summed E-state index contributed by atoms with van der Waals surface area (Å²) in [6.07, 6.45) is 1.58. The Kier molecular flexibility index (Phi) is 5.11. The molecule has 2 aromatic rings. The van der Waals surface area contributed by atoms with Crippen LogP contribution in [0.1, 0.15) is 10.4 Å². The van der Waals surface area contributed by atoms with Gasteiger partial charge < -0.3 is 19.7 Å². The number of aromatic nitrogens is 1. The van der Waals surface area contributed by atoms with E-state index in [2.05, 4.69) is 22.2 Å². The van der Waals surface area contributed by atoms with Gasteiger partial charge in [-0.2, -0.15) is 0 Å². The first-order valence-electron chi connectivity index (χ1n) is 8.15. The Morgan fingerprint density at radius 3 is 2.48 bits per heavy atom. The number of hydrogen-bond acceptors (Lipinski definition) is 4. The first kappa shape index (κ1) is 17.5. The third kappa shape index (κ3) is 4.03. The molecule has 0 atom stereocenters. The van der Waals surface area contributed by atoms with Crippen molar-refractivity contribution in [3.63, 3.8) is 0 Å². The quantitative estimate of drug-likeness (QED) is 0.910. The maximum atomic E-state index is 12.5. The van der Waals surface area contributed by atoms with E-state index in [9.17, 15) is 9.59 Å². The number of amides is 1. The Hall–Kier alpha value is -2.31. The standard InChI is InChI=1S/C18H21ClN4O2/c1-21-7-9-23(10-8-21)16-4-3-14(19)12-15(16)20-18(25)13-5-6-22(2)17(24)11-13/h3-6,11-12H,7-10H2,1-2H3,(H,20,25). The predicted octanol–water partition coefficient (Wildman–Crippen LogP) is 2.04. The Balaban J connectivity index is 1.86. The summed E-state index contributed by atoms with van der Waals surface area (Å²) in [4.78, 5) is 28.8. The number of carbonyl (C=O) groups is 1. The fraction of sp³-hybridized carbons (Fsp3) is 0.333. The van der Waals surface area contributed by atoms with E-state index in [1.807, 2.05) is 12.1 Å². The van der Waals surface area contributed by atoms with Crippen molar-refractivity contribution in [1.29, 1.82) is 0 Å². The molecule has 0 bridgehead atoms. The van der Waals surface area contributed by atoms with Crippen molar-refractivity contribution < 1.29 is 4.79 Å². The normalized spacial score (nSPS) is 15.2. The zero-order valence-electron chi connectivity index (χ0n) is 14.3. The van der Waals surface area contributed by atoms with Crippen molar-refractivity contribution in [2.75, 3.05) is 43.4 Å². The Labute approximate surface area is 151 Å². The topological polar surface area (TPSA) is 57.6 Å². The number of benzene rings is 1. The predicted molar refractivity (Wildman–Crippen MR) is 101 cm³/mol. The molecule has 1 N–H and O–H groups in total. The highest BCUT2D eigenvalue weighted by Crippen LogP contribution is 2.30. The molecule has 1 aromatic heterocycles. The smallest absolute Gasteiger partial charge is 0.255 e. The molecule has 3 rings (SSSR count). The van der Waals surface area contributed by atoms with Crippen LogP contribution in [-0.4, -0.2) is 48.6 Å². The number of nitrogens with zero attached hydrogens (tertiary/aromatic N) is 3. The highest BCUT2D eigenvalue weighted by atomic mass is 35.5. The number of pyridine rings is 1. The van der Waals surface area contributed by atoms with Crippen LogP contribution in [0.15, 0.2) is 41.3 Å². The lowest BCUT2D eigenvalue weighted by Crippen LogP contribution is -2.44. The molecule has 7 heteroatoms. The molecule has 1 aromatic carbocycles. The summed E-state index contributed by atoms with van der Waals surface area (Å²) in [5.41, 5.74) is 1.70. The summed E-state index contributed by atoms with van der Waals surface area (Å²) in [6.45, 7) is 3.69. The van der Waals surface area contributed by atoms with Gasteiger partial charge in [0.25, 0.3) is 11.5 Å². The lowest BCUT2D eigenvalue weighted by atomic mass is 10.2. The molecular weight excluding hydrogens is 340 g/mol. The molecule has 1 aliphatic heterocycles. The van der Waals surface area contributed by atoms with Gasteiger partial charge in [0, 0.05) is 56.1 Å². The van der Waals surface area contributed by atoms with Gasteiger partial charge in [-0.25, -0.2) is 0 Å². The van der Waals surface area contributed by atoms with Crippen molar-refractivity contribution in [2.45, 2.75) is 0 Å². The molecule has 0 saturated carbocycles. The molecule has 0 aliphatic carbocycles. The van der Waals surface area contributed by atoms with Crippen LogP contribution < -0.4 is 15.8 Å². The maximum Gasteiger partial charge on any atom is 0.255 e. The van der Waals surface area contributed by atoms with Gasteiger partial charge in [0.05, 0.1) is 11.4 Å². The van der Waals surface area contributed by atoms with Gasteiger partial charge in [-0.1, -0.05) is 11.6 Å². The number of carbonyl (C=O) groups excluding carboxylic acids is 1. The number of piperazine rings is 1. The first-order chi connectivity index (χ1) is 11.9. The zero-order chi connectivity index (χ0) is 18.0. The van der Waals surface area contributed by atoms with Gasteiger partial charge in [-0.3, -0.25) is 9.59 Å². The Morgan fingerprint density at radius 1 is 1.08 bits per heavy atom. The first-order valence-corrected chi connectivity index (χ1v) is 8.53. The molecule has 132 valence electrons. The summed E-state index contributed by atoms with van der Waals surface area (Å²) in [5.74, 6) is -0.324. The molecule has 6 nitrogen and oxygen atoms in total. The summed E-state index contributed by atoms with van der Waals surface area (Å²) in [6, 6.07) is 8.44. The molecule has 0 unspecified atom stereocenters. The minimum absolute atomic E-state index is 0.224. The fourth-order valence-electron chi connectivity index (χ4n) is 2.82. The molecule has 1 aliphatic rings. The largest absolute Gasteiger partial charge is 0.367 e. The number of nitrogens with one attached hydrogen (secondary N) is 1. The van der Waals surface area contributed by atoms with E-state index in [0.29, 0.717) is 16.3 Å². The molecule has 2 heterocycles. The molecule has 1 amide bonds. The molecule has 25 heavy (non-hydrogen) atoms.